The predicted molar refractivity (Wildman–Crippen MR) is 116 cm³/mol. The van der Waals surface area contributed by atoms with Gasteiger partial charge in [0.15, 0.2) is 8.32 Å². The van der Waals surface area contributed by atoms with Gasteiger partial charge in [0.1, 0.15) is 0 Å². The Balaban J connectivity index is 2.86. The SMILES string of the molecule is C#CC(C)(C)C[C@H](O)/C=C/[C@@]1(CO[Si](C(C)C)(C(C)C)C(C)C)C[C@H]1C. The van der Waals surface area contributed by atoms with Crippen LogP contribution in [0.5, 0.6) is 0 Å². The number of rotatable bonds is 10. The van der Waals surface area contributed by atoms with Crippen LogP contribution in [0, 0.1) is 29.1 Å². The Bertz CT molecular complexity index is 505. The first-order valence-electron chi connectivity index (χ1n) is 10.3. The van der Waals surface area contributed by atoms with Crippen molar-refractivity contribution in [2.24, 2.45) is 16.7 Å². The largest absolute Gasteiger partial charge is 0.415 e. The summed E-state index contributed by atoms with van der Waals surface area (Å²) in [6, 6.07) is 0. The molecule has 0 aromatic rings. The Morgan fingerprint density at radius 3 is 2.00 bits per heavy atom. The first-order chi connectivity index (χ1) is 11.8. The highest BCUT2D eigenvalue weighted by Crippen LogP contribution is 2.55. The monoisotopic (exact) mass is 378 g/mol. The van der Waals surface area contributed by atoms with Gasteiger partial charge in [-0.2, -0.15) is 0 Å². The summed E-state index contributed by atoms with van der Waals surface area (Å²) >= 11 is 0. The third-order valence-electron chi connectivity index (χ3n) is 6.57. The number of terminal acetylenes is 1. The quantitative estimate of drug-likeness (QED) is 0.280. The molecule has 0 amide bonds. The maximum atomic E-state index is 10.4. The molecule has 1 saturated carbocycles. The lowest BCUT2D eigenvalue weighted by atomic mass is 9.87. The number of aliphatic hydroxyl groups excluding tert-OH is 1. The van der Waals surface area contributed by atoms with E-state index in [0.717, 1.165) is 13.0 Å². The van der Waals surface area contributed by atoms with Gasteiger partial charge in [-0.05, 0) is 49.2 Å². The van der Waals surface area contributed by atoms with E-state index in [1.165, 1.54) is 0 Å². The Morgan fingerprint density at radius 2 is 1.65 bits per heavy atom. The fourth-order valence-corrected chi connectivity index (χ4v) is 10.2. The van der Waals surface area contributed by atoms with Crippen LogP contribution in [0.4, 0.5) is 0 Å². The fourth-order valence-electron chi connectivity index (χ4n) is 4.70. The highest BCUT2D eigenvalue weighted by Gasteiger charge is 2.53. The Kier molecular flexibility index (Phi) is 7.79. The van der Waals surface area contributed by atoms with Gasteiger partial charge in [-0.3, -0.25) is 0 Å². The molecule has 1 N–H and O–H groups in total. The summed E-state index contributed by atoms with van der Waals surface area (Å²) in [7, 11) is -1.85. The molecule has 0 spiro atoms. The van der Waals surface area contributed by atoms with Crippen molar-refractivity contribution in [1.82, 2.24) is 0 Å². The Labute approximate surface area is 163 Å². The van der Waals surface area contributed by atoms with Gasteiger partial charge in [0.05, 0.1) is 6.10 Å². The van der Waals surface area contributed by atoms with Crippen LogP contribution in [0.3, 0.4) is 0 Å². The van der Waals surface area contributed by atoms with Gasteiger partial charge >= 0.3 is 0 Å². The fraction of sp³-hybridized carbons (Fsp3) is 0.826. The second kappa shape index (κ2) is 8.63. The van der Waals surface area contributed by atoms with Gasteiger partial charge in [-0.1, -0.05) is 60.6 Å². The summed E-state index contributed by atoms with van der Waals surface area (Å²) < 4.78 is 6.84. The van der Waals surface area contributed by atoms with E-state index in [0.29, 0.717) is 29.0 Å². The highest BCUT2D eigenvalue weighted by molar-refractivity contribution is 6.77. The third kappa shape index (κ3) is 5.24. The van der Waals surface area contributed by atoms with Crippen LogP contribution in [0.15, 0.2) is 12.2 Å². The maximum Gasteiger partial charge on any atom is 0.200 e. The smallest absolute Gasteiger partial charge is 0.200 e. The van der Waals surface area contributed by atoms with E-state index < -0.39 is 14.4 Å². The van der Waals surface area contributed by atoms with E-state index >= 15 is 0 Å². The summed E-state index contributed by atoms with van der Waals surface area (Å²) in [6.45, 7) is 21.0. The zero-order chi connectivity index (χ0) is 20.3. The molecule has 0 aliphatic heterocycles. The summed E-state index contributed by atoms with van der Waals surface area (Å²) in [4.78, 5) is 0. The molecule has 1 aliphatic carbocycles. The van der Waals surface area contributed by atoms with E-state index in [-0.39, 0.29) is 10.8 Å². The maximum absolute atomic E-state index is 10.4. The van der Waals surface area contributed by atoms with Gasteiger partial charge in [-0.25, -0.2) is 0 Å². The molecule has 1 aliphatic rings. The van der Waals surface area contributed by atoms with Crippen molar-refractivity contribution in [3.63, 3.8) is 0 Å². The molecule has 0 bridgehead atoms. The average Bonchev–Trinajstić information content (AvgIpc) is 3.15. The van der Waals surface area contributed by atoms with Crippen molar-refractivity contribution in [2.45, 2.75) is 97.9 Å². The van der Waals surface area contributed by atoms with Crippen LogP contribution in [0.2, 0.25) is 16.6 Å². The summed E-state index contributed by atoms with van der Waals surface area (Å²) in [6.07, 6.45) is 11.0. The lowest BCUT2D eigenvalue weighted by Crippen LogP contribution is -2.48. The lowest BCUT2D eigenvalue weighted by molar-refractivity contribution is 0.174. The van der Waals surface area contributed by atoms with Crippen LogP contribution >= 0.6 is 0 Å². The van der Waals surface area contributed by atoms with Crippen LogP contribution in [0.25, 0.3) is 0 Å². The van der Waals surface area contributed by atoms with E-state index in [1.807, 2.05) is 19.9 Å². The summed E-state index contributed by atoms with van der Waals surface area (Å²) in [5.41, 5.74) is 1.61. The van der Waals surface area contributed by atoms with Gasteiger partial charge in [0, 0.05) is 17.4 Å². The summed E-state index contributed by atoms with van der Waals surface area (Å²) in [5.74, 6) is 3.38. The van der Waals surface area contributed by atoms with Crippen LogP contribution in [-0.2, 0) is 4.43 Å². The van der Waals surface area contributed by atoms with E-state index in [1.54, 1.807) is 0 Å². The Hall–Kier alpha value is -0.563. The molecule has 0 saturated heterocycles. The molecule has 3 atom stereocenters. The molecular formula is C23H42O2Si. The molecular weight excluding hydrogens is 336 g/mol. The van der Waals surface area contributed by atoms with Crippen molar-refractivity contribution in [2.75, 3.05) is 6.61 Å². The minimum Gasteiger partial charge on any atom is -0.415 e. The minimum atomic E-state index is -1.85. The topological polar surface area (TPSA) is 29.5 Å². The Morgan fingerprint density at radius 1 is 1.19 bits per heavy atom. The molecule has 150 valence electrons. The van der Waals surface area contributed by atoms with Crippen molar-refractivity contribution < 1.29 is 9.53 Å². The molecule has 2 nitrogen and oxygen atoms in total. The zero-order valence-electron chi connectivity index (χ0n) is 18.6. The van der Waals surface area contributed by atoms with Gasteiger partial charge in [-0.15, -0.1) is 12.3 Å². The molecule has 0 heterocycles. The second-order valence-electron chi connectivity index (χ2n) is 10.1. The van der Waals surface area contributed by atoms with Crippen molar-refractivity contribution in [3.8, 4) is 12.3 Å². The average molecular weight is 379 g/mol. The number of hydrogen-bond donors (Lipinski definition) is 1. The minimum absolute atomic E-state index is 0.0954. The van der Waals surface area contributed by atoms with Crippen LogP contribution in [-0.4, -0.2) is 26.1 Å². The van der Waals surface area contributed by atoms with E-state index in [9.17, 15) is 5.11 Å². The molecule has 0 aromatic carbocycles. The first-order valence-corrected chi connectivity index (χ1v) is 12.5. The van der Waals surface area contributed by atoms with Crippen molar-refractivity contribution in [1.29, 1.82) is 0 Å². The molecule has 1 fully saturated rings. The van der Waals surface area contributed by atoms with Crippen molar-refractivity contribution in [3.05, 3.63) is 12.2 Å². The van der Waals surface area contributed by atoms with Crippen LogP contribution < -0.4 is 0 Å². The predicted octanol–water partition coefficient (Wildman–Crippen LogP) is 6.17. The lowest BCUT2D eigenvalue weighted by Gasteiger charge is -2.43. The first kappa shape index (κ1) is 23.5. The van der Waals surface area contributed by atoms with E-state index in [4.69, 9.17) is 10.8 Å². The highest BCUT2D eigenvalue weighted by atomic mass is 28.4. The molecule has 26 heavy (non-hydrogen) atoms. The molecule has 3 heteroatoms. The zero-order valence-corrected chi connectivity index (χ0v) is 19.6. The number of aliphatic hydroxyl groups is 1. The molecule has 1 rings (SSSR count). The van der Waals surface area contributed by atoms with Crippen LogP contribution in [0.1, 0.15) is 75.2 Å². The standard InChI is InChI=1S/C23H42O2Si/c1-11-22(9,10)15-21(24)12-13-23(14-20(23)8)16-25-26(17(2)3,18(4)5)19(6)7/h1,12-13,17-21,24H,14-16H2,2-10H3/b13-12+/t20-,21-,23+/m1/s1. The van der Waals surface area contributed by atoms with Crippen molar-refractivity contribution >= 4 is 8.32 Å². The normalized spacial score (nSPS) is 25.3. The molecule has 0 unspecified atom stereocenters. The number of hydrogen-bond acceptors (Lipinski definition) is 2. The van der Waals surface area contributed by atoms with Gasteiger partial charge in [0.2, 0.25) is 0 Å². The van der Waals surface area contributed by atoms with Gasteiger partial charge < -0.3 is 9.53 Å². The summed E-state index contributed by atoms with van der Waals surface area (Å²) in [5, 5.41) is 10.4. The molecule has 0 radical (unpaired) electrons. The molecule has 0 aromatic heterocycles. The van der Waals surface area contributed by atoms with E-state index in [2.05, 4.69) is 60.5 Å². The second-order valence-corrected chi connectivity index (χ2v) is 15.6. The van der Waals surface area contributed by atoms with Gasteiger partial charge in [0.25, 0.3) is 0 Å². The third-order valence-corrected chi connectivity index (χ3v) is 12.6.